The molecule has 0 unspecified atom stereocenters. The number of hydrogen-bond acceptors (Lipinski definition) is 1. The Morgan fingerprint density at radius 1 is 0.571 bits per heavy atom. The Balaban J connectivity index is 1.77. The summed E-state index contributed by atoms with van der Waals surface area (Å²) >= 11 is 0. The Kier molecular flexibility index (Phi) is 3.83. The summed E-state index contributed by atoms with van der Waals surface area (Å²) in [5.74, 6) is 0. The van der Waals surface area contributed by atoms with E-state index in [0.29, 0.717) is 0 Å². The van der Waals surface area contributed by atoms with Crippen LogP contribution in [0.15, 0.2) is 91.5 Å². The zero-order valence-corrected chi connectivity index (χ0v) is 11.8. The first-order valence-electron chi connectivity index (χ1n) is 7.00. The summed E-state index contributed by atoms with van der Waals surface area (Å²) in [5, 5.41) is 3.38. The molecular formula is C20H17N. The standard InChI is InChI=1S/C20H17N/c1-16(17-8-4-2-5-9-17)18-12-14-20(15-13-18)21-19-10-6-3-7-11-19/h2-15,21H,1H2. The first-order valence-corrected chi connectivity index (χ1v) is 7.00. The maximum atomic E-state index is 4.19. The largest absolute Gasteiger partial charge is 0.356 e. The molecule has 21 heavy (non-hydrogen) atoms. The van der Waals surface area contributed by atoms with E-state index in [2.05, 4.69) is 60.4 Å². The van der Waals surface area contributed by atoms with Crippen molar-refractivity contribution < 1.29 is 0 Å². The van der Waals surface area contributed by atoms with Crippen molar-refractivity contribution in [3.8, 4) is 0 Å². The van der Waals surface area contributed by atoms with E-state index >= 15 is 0 Å². The van der Waals surface area contributed by atoms with Gasteiger partial charge < -0.3 is 5.32 Å². The van der Waals surface area contributed by atoms with Gasteiger partial charge in [0, 0.05) is 11.4 Å². The molecule has 0 saturated heterocycles. The minimum Gasteiger partial charge on any atom is -0.356 e. The number of benzene rings is 3. The van der Waals surface area contributed by atoms with Gasteiger partial charge in [-0.3, -0.25) is 0 Å². The predicted octanol–water partition coefficient (Wildman–Crippen LogP) is 5.49. The molecule has 1 nitrogen and oxygen atoms in total. The number of nitrogens with one attached hydrogen (secondary N) is 1. The molecule has 1 N–H and O–H groups in total. The molecular weight excluding hydrogens is 254 g/mol. The number of rotatable bonds is 4. The summed E-state index contributed by atoms with van der Waals surface area (Å²) in [7, 11) is 0. The highest BCUT2D eigenvalue weighted by Gasteiger charge is 2.02. The fourth-order valence-corrected chi connectivity index (χ4v) is 2.25. The van der Waals surface area contributed by atoms with E-state index < -0.39 is 0 Å². The maximum absolute atomic E-state index is 4.19. The van der Waals surface area contributed by atoms with Crippen molar-refractivity contribution in [3.63, 3.8) is 0 Å². The second kappa shape index (κ2) is 6.10. The fourth-order valence-electron chi connectivity index (χ4n) is 2.25. The third-order valence-electron chi connectivity index (χ3n) is 3.42. The van der Waals surface area contributed by atoms with Gasteiger partial charge in [-0.25, -0.2) is 0 Å². The lowest BCUT2D eigenvalue weighted by atomic mass is 9.99. The molecule has 0 atom stereocenters. The lowest BCUT2D eigenvalue weighted by Crippen LogP contribution is -1.91. The van der Waals surface area contributed by atoms with E-state index in [1.54, 1.807) is 0 Å². The smallest absolute Gasteiger partial charge is 0.0384 e. The summed E-state index contributed by atoms with van der Waals surface area (Å²) < 4.78 is 0. The van der Waals surface area contributed by atoms with Crippen LogP contribution in [0.5, 0.6) is 0 Å². The van der Waals surface area contributed by atoms with Crippen molar-refractivity contribution in [2.45, 2.75) is 0 Å². The van der Waals surface area contributed by atoms with E-state index in [9.17, 15) is 0 Å². The second-order valence-electron chi connectivity index (χ2n) is 4.91. The SMILES string of the molecule is C=C(c1ccccc1)c1ccc(Nc2ccccc2)cc1. The molecule has 0 bridgehead atoms. The molecule has 0 amide bonds. The molecule has 0 aliphatic rings. The van der Waals surface area contributed by atoms with Gasteiger partial charge in [0.1, 0.15) is 0 Å². The van der Waals surface area contributed by atoms with Crippen LogP contribution >= 0.6 is 0 Å². The maximum Gasteiger partial charge on any atom is 0.0384 e. The van der Waals surface area contributed by atoms with Gasteiger partial charge in [-0.2, -0.15) is 0 Å². The van der Waals surface area contributed by atoms with Crippen molar-refractivity contribution in [1.82, 2.24) is 0 Å². The van der Waals surface area contributed by atoms with Crippen LogP contribution in [-0.4, -0.2) is 0 Å². The molecule has 1 heteroatoms. The van der Waals surface area contributed by atoms with Crippen LogP contribution in [-0.2, 0) is 0 Å². The van der Waals surface area contributed by atoms with Gasteiger partial charge in [-0.05, 0) is 41.0 Å². The van der Waals surface area contributed by atoms with Crippen molar-refractivity contribution in [3.05, 3.63) is 103 Å². The van der Waals surface area contributed by atoms with Gasteiger partial charge in [0.25, 0.3) is 0 Å². The highest BCUT2D eigenvalue weighted by molar-refractivity contribution is 5.79. The van der Waals surface area contributed by atoms with E-state index in [1.807, 2.05) is 36.4 Å². The Bertz CT molecular complexity index is 713. The van der Waals surface area contributed by atoms with Crippen molar-refractivity contribution >= 4 is 16.9 Å². The minimum atomic E-state index is 1.04. The summed E-state index contributed by atoms with van der Waals surface area (Å²) in [6.07, 6.45) is 0. The molecule has 102 valence electrons. The third kappa shape index (κ3) is 3.21. The molecule has 0 aliphatic heterocycles. The first kappa shape index (κ1) is 13.2. The summed E-state index contributed by atoms with van der Waals surface area (Å²) in [6.45, 7) is 4.19. The van der Waals surface area contributed by atoms with Crippen LogP contribution in [0.2, 0.25) is 0 Å². The van der Waals surface area contributed by atoms with Crippen molar-refractivity contribution in [2.75, 3.05) is 5.32 Å². The number of hydrogen-bond donors (Lipinski definition) is 1. The van der Waals surface area contributed by atoms with Crippen LogP contribution in [0, 0.1) is 0 Å². The fraction of sp³-hybridized carbons (Fsp3) is 0. The number of anilines is 2. The van der Waals surface area contributed by atoms with Gasteiger partial charge in [-0.1, -0.05) is 67.2 Å². The van der Waals surface area contributed by atoms with E-state index in [0.717, 1.165) is 28.1 Å². The Labute approximate surface area is 125 Å². The third-order valence-corrected chi connectivity index (χ3v) is 3.42. The molecule has 0 aromatic heterocycles. The van der Waals surface area contributed by atoms with Crippen LogP contribution in [0.25, 0.3) is 5.57 Å². The minimum absolute atomic E-state index is 1.04. The van der Waals surface area contributed by atoms with Crippen LogP contribution in [0.3, 0.4) is 0 Å². The number of para-hydroxylation sites is 1. The lowest BCUT2D eigenvalue weighted by Gasteiger charge is -2.09. The molecule has 3 aromatic carbocycles. The molecule has 0 heterocycles. The average Bonchev–Trinajstić information content (AvgIpc) is 2.57. The highest BCUT2D eigenvalue weighted by atomic mass is 14.9. The highest BCUT2D eigenvalue weighted by Crippen LogP contribution is 2.24. The molecule has 3 rings (SSSR count). The van der Waals surface area contributed by atoms with Crippen molar-refractivity contribution in [1.29, 1.82) is 0 Å². The molecule has 0 saturated carbocycles. The first-order chi connectivity index (χ1) is 10.3. The normalized spacial score (nSPS) is 10.1. The lowest BCUT2D eigenvalue weighted by molar-refractivity contribution is 1.52. The molecule has 0 spiro atoms. The van der Waals surface area contributed by atoms with Crippen LogP contribution in [0.4, 0.5) is 11.4 Å². The van der Waals surface area contributed by atoms with Gasteiger partial charge in [0.05, 0.1) is 0 Å². The molecule has 0 fully saturated rings. The molecule has 3 aromatic rings. The van der Waals surface area contributed by atoms with E-state index in [1.165, 1.54) is 0 Å². The predicted molar refractivity (Wildman–Crippen MR) is 90.7 cm³/mol. The Hall–Kier alpha value is -2.80. The summed E-state index contributed by atoms with van der Waals surface area (Å²) in [4.78, 5) is 0. The van der Waals surface area contributed by atoms with Gasteiger partial charge in [-0.15, -0.1) is 0 Å². The van der Waals surface area contributed by atoms with E-state index in [-0.39, 0.29) is 0 Å². The van der Waals surface area contributed by atoms with Gasteiger partial charge in [0.15, 0.2) is 0 Å². The molecule has 0 aliphatic carbocycles. The molecule has 0 radical (unpaired) electrons. The van der Waals surface area contributed by atoms with Crippen molar-refractivity contribution in [2.24, 2.45) is 0 Å². The van der Waals surface area contributed by atoms with Crippen LogP contribution < -0.4 is 5.32 Å². The van der Waals surface area contributed by atoms with Gasteiger partial charge >= 0.3 is 0 Å². The Morgan fingerprint density at radius 3 is 1.67 bits per heavy atom. The van der Waals surface area contributed by atoms with E-state index in [4.69, 9.17) is 0 Å². The quantitative estimate of drug-likeness (QED) is 0.661. The topological polar surface area (TPSA) is 12.0 Å². The second-order valence-corrected chi connectivity index (χ2v) is 4.91. The van der Waals surface area contributed by atoms with Crippen LogP contribution in [0.1, 0.15) is 11.1 Å². The Morgan fingerprint density at radius 2 is 1.05 bits per heavy atom. The summed E-state index contributed by atoms with van der Waals surface area (Å²) in [5.41, 5.74) is 5.50. The monoisotopic (exact) mass is 271 g/mol. The zero-order chi connectivity index (χ0) is 14.5. The van der Waals surface area contributed by atoms with Gasteiger partial charge in [0.2, 0.25) is 0 Å². The average molecular weight is 271 g/mol. The summed E-state index contributed by atoms with van der Waals surface area (Å²) in [6, 6.07) is 28.8. The zero-order valence-electron chi connectivity index (χ0n) is 11.8.